The molecule has 1 atom stereocenters. The standard InChI is InChI=1S/C14H26N2O2/c1-3-13(4-2)10-11(6-9-18-13)16-12(17)14(15)7-5-8-14/h11H,3-10,15H2,1-2H3,(H,16,17). The van der Waals surface area contributed by atoms with Crippen LogP contribution in [0.15, 0.2) is 0 Å². The lowest BCUT2D eigenvalue weighted by Gasteiger charge is -2.42. The first kappa shape index (κ1) is 13.8. The summed E-state index contributed by atoms with van der Waals surface area (Å²) < 4.78 is 5.92. The van der Waals surface area contributed by atoms with Crippen LogP contribution in [-0.4, -0.2) is 29.7 Å². The fraction of sp³-hybridized carbons (Fsp3) is 0.929. The van der Waals surface area contributed by atoms with Gasteiger partial charge in [0, 0.05) is 12.6 Å². The number of amides is 1. The maximum Gasteiger partial charge on any atom is 0.240 e. The molecule has 18 heavy (non-hydrogen) atoms. The quantitative estimate of drug-likeness (QED) is 0.803. The predicted molar refractivity (Wildman–Crippen MR) is 71.2 cm³/mol. The van der Waals surface area contributed by atoms with Gasteiger partial charge in [0.05, 0.1) is 11.1 Å². The fourth-order valence-corrected chi connectivity index (χ4v) is 3.01. The summed E-state index contributed by atoms with van der Waals surface area (Å²) in [6.45, 7) is 5.05. The molecular formula is C14H26N2O2. The topological polar surface area (TPSA) is 64.4 Å². The first-order chi connectivity index (χ1) is 8.53. The highest BCUT2D eigenvalue weighted by Gasteiger charge is 2.42. The van der Waals surface area contributed by atoms with E-state index >= 15 is 0 Å². The SMILES string of the molecule is CCC1(CC)CC(NC(=O)C2(N)CCC2)CCO1. The largest absolute Gasteiger partial charge is 0.375 e. The molecule has 4 heteroatoms. The first-order valence-electron chi connectivity index (χ1n) is 7.27. The van der Waals surface area contributed by atoms with Crippen molar-refractivity contribution in [2.45, 2.75) is 76.0 Å². The number of hydrogen-bond donors (Lipinski definition) is 2. The minimum absolute atomic E-state index is 0.0433. The minimum Gasteiger partial charge on any atom is -0.375 e. The molecule has 1 amide bonds. The summed E-state index contributed by atoms with van der Waals surface area (Å²) in [5.41, 5.74) is 5.42. The number of carbonyl (C=O) groups excluding carboxylic acids is 1. The number of nitrogens with one attached hydrogen (secondary N) is 1. The van der Waals surface area contributed by atoms with Crippen molar-refractivity contribution in [2.75, 3.05) is 6.61 Å². The molecule has 2 fully saturated rings. The molecule has 1 aliphatic heterocycles. The molecule has 1 unspecified atom stereocenters. The molecule has 4 nitrogen and oxygen atoms in total. The normalized spacial score (nSPS) is 29.4. The molecule has 1 heterocycles. The van der Waals surface area contributed by atoms with E-state index in [-0.39, 0.29) is 17.6 Å². The predicted octanol–water partition coefficient (Wildman–Crippen LogP) is 1.72. The van der Waals surface area contributed by atoms with E-state index in [4.69, 9.17) is 10.5 Å². The van der Waals surface area contributed by atoms with Crippen molar-refractivity contribution in [1.29, 1.82) is 0 Å². The highest BCUT2D eigenvalue weighted by atomic mass is 16.5. The lowest BCUT2D eigenvalue weighted by molar-refractivity contribution is -0.133. The average Bonchev–Trinajstić information content (AvgIpc) is 2.36. The molecule has 3 N–H and O–H groups in total. The highest BCUT2D eigenvalue weighted by Crippen LogP contribution is 2.33. The number of nitrogens with two attached hydrogens (primary N) is 1. The zero-order valence-corrected chi connectivity index (χ0v) is 11.6. The molecule has 1 saturated carbocycles. The van der Waals surface area contributed by atoms with E-state index in [2.05, 4.69) is 19.2 Å². The van der Waals surface area contributed by atoms with Crippen LogP contribution in [-0.2, 0) is 9.53 Å². The van der Waals surface area contributed by atoms with Crippen LogP contribution in [0.5, 0.6) is 0 Å². The Morgan fingerprint density at radius 3 is 2.56 bits per heavy atom. The number of rotatable bonds is 4. The van der Waals surface area contributed by atoms with Crippen molar-refractivity contribution < 1.29 is 9.53 Å². The van der Waals surface area contributed by atoms with Crippen LogP contribution in [0, 0.1) is 0 Å². The van der Waals surface area contributed by atoms with Gasteiger partial charge in [-0.25, -0.2) is 0 Å². The van der Waals surface area contributed by atoms with Gasteiger partial charge in [-0.1, -0.05) is 13.8 Å². The monoisotopic (exact) mass is 254 g/mol. The molecule has 1 aliphatic carbocycles. The summed E-state index contributed by atoms with van der Waals surface area (Å²) in [6, 6.07) is 0.229. The second-order valence-corrected chi connectivity index (χ2v) is 5.91. The van der Waals surface area contributed by atoms with Crippen LogP contribution < -0.4 is 11.1 Å². The van der Waals surface area contributed by atoms with Gasteiger partial charge >= 0.3 is 0 Å². The van der Waals surface area contributed by atoms with Crippen molar-refractivity contribution >= 4 is 5.91 Å². The molecule has 0 aromatic rings. The maximum atomic E-state index is 12.1. The molecule has 0 aromatic heterocycles. The van der Waals surface area contributed by atoms with Crippen molar-refractivity contribution in [2.24, 2.45) is 5.73 Å². The molecule has 2 aliphatic rings. The van der Waals surface area contributed by atoms with E-state index in [0.717, 1.165) is 51.6 Å². The Labute approximate surface area is 110 Å². The van der Waals surface area contributed by atoms with Crippen LogP contribution in [0.1, 0.15) is 58.8 Å². The van der Waals surface area contributed by atoms with Gasteiger partial charge in [0.1, 0.15) is 0 Å². The lowest BCUT2D eigenvalue weighted by atomic mass is 9.76. The fourth-order valence-electron chi connectivity index (χ4n) is 3.01. The van der Waals surface area contributed by atoms with Gasteiger partial charge in [-0.05, 0) is 44.9 Å². The van der Waals surface area contributed by atoms with Gasteiger partial charge in [-0.2, -0.15) is 0 Å². The van der Waals surface area contributed by atoms with E-state index in [1.54, 1.807) is 0 Å². The van der Waals surface area contributed by atoms with E-state index in [1.807, 2.05) is 0 Å². The third kappa shape index (κ3) is 2.54. The number of hydrogen-bond acceptors (Lipinski definition) is 3. The third-order valence-electron chi connectivity index (χ3n) is 4.81. The lowest BCUT2D eigenvalue weighted by Crippen LogP contribution is -2.61. The zero-order valence-electron chi connectivity index (χ0n) is 11.6. The second kappa shape index (κ2) is 5.17. The Bertz CT molecular complexity index is 309. The van der Waals surface area contributed by atoms with E-state index in [0.29, 0.717) is 0 Å². The van der Waals surface area contributed by atoms with E-state index in [9.17, 15) is 4.79 Å². The minimum atomic E-state index is -0.584. The smallest absolute Gasteiger partial charge is 0.240 e. The molecule has 0 radical (unpaired) electrons. The Balaban J connectivity index is 1.91. The highest BCUT2D eigenvalue weighted by molar-refractivity contribution is 5.87. The number of carbonyl (C=O) groups is 1. The van der Waals surface area contributed by atoms with Gasteiger partial charge in [-0.3, -0.25) is 4.79 Å². The number of ether oxygens (including phenoxy) is 1. The molecule has 2 rings (SSSR count). The van der Waals surface area contributed by atoms with Gasteiger partial charge in [0.2, 0.25) is 5.91 Å². The summed E-state index contributed by atoms with van der Waals surface area (Å²) in [7, 11) is 0. The molecule has 104 valence electrons. The van der Waals surface area contributed by atoms with Crippen LogP contribution in [0.3, 0.4) is 0 Å². The first-order valence-corrected chi connectivity index (χ1v) is 7.27. The Morgan fingerprint density at radius 2 is 2.06 bits per heavy atom. The Hall–Kier alpha value is -0.610. The summed E-state index contributed by atoms with van der Waals surface area (Å²) in [5, 5.41) is 3.14. The molecule has 0 aromatic carbocycles. The van der Waals surface area contributed by atoms with E-state index < -0.39 is 5.54 Å². The van der Waals surface area contributed by atoms with Crippen molar-refractivity contribution in [1.82, 2.24) is 5.32 Å². The van der Waals surface area contributed by atoms with Crippen molar-refractivity contribution in [3.63, 3.8) is 0 Å². The molecule has 0 spiro atoms. The van der Waals surface area contributed by atoms with Crippen LogP contribution >= 0.6 is 0 Å². The van der Waals surface area contributed by atoms with Crippen molar-refractivity contribution in [3.8, 4) is 0 Å². The van der Waals surface area contributed by atoms with Gasteiger partial charge in [0.25, 0.3) is 0 Å². The van der Waals surface area contributed by atoms with Crippen LogP contribution in [0.2, 0.25) is 0 Å². The average molecular weight is 254 g/mol. The maximum absolute atomic E-state index is 12.1. The molecule has 0 bridgehead atoms. The summed E-state index contributed by atoms with van der Waals surface area (Å²) in [6.07, 6.45) is 6.56. The molecule has 1 saturated heterocycles. The van der Waals surface area contributed by atoms with Crippen LogP contribution in [0.4, 0.5) is 0 Å². The third-order valence-corrected chi connectivity index (χ3v) is 4.81. The second-order valence-electron chi connectivity index (χ2n) is 5.91. The molecular weight excluding hydrogens is 228 g/mol. The summed E-state index contributed by atoms with van der Waals surface area (Å²) in [4.78, 5) is 12.1. The zero-order chi connectivity index (χ0) is 13.2. The Kier molecular flexibility index (Phi) is 3.97. The van der Waals surface area contributed by atoms with Crippen LogP contribution in [0.25, 0.3) is 0 Å². The van der Waals surface area contributed by atoms with Gasteiger partial charge in [-0.15, -0.1) is 0 Å². The Morgan fingerprint density at radius 1 is 1.39 bits per heavy atom. The van der Waals surface area contributed by atoms with E-state index in [1.165, 1.54) is 0 Å². The van der Waals surface area contributed by atoms with Gasteiger partial charge < -0.3 is 15.8 Å². The van der Waals surface area contributed by atoms with Crippen molar-refractivity contribution in [3.05, 3.63) is 0 Å². The van der Waals surface area contributed by atoms with Gasteiger partial charge in [0.15, 0.2) is 0 Å². The summed E-state index contributed by atoms with van der Waals surface area (Å²) >= 11 is 0. The summed E-state index contributed by atoms with van der Waals surface area (Å²) in [5.74, 6) is 0.0433.